The smallest absolute Gasteiger partial charge is 0.410 e. The first-order chi connectivity index (χ1) is 8.34. The van der Waals surface area contributed by atoms with Gasteiger partial charge in [0.15, 0.2) is 0 Å². The average molecular weight is 256 g/mol. The molecule has 1 saturated heterocycles. The summed E-state index contributed by atoms with van der Waals surface area (Å²) in [6.07, 6.45) is 0.450. The fourth-order valence-corrected chi connectivity index (χ4v) is 1.36. The minimum atomic E-state index is -0.457. The minimum absolute atomic E-state index is 0.0254. The number of hydrogen-bond donors (Lipinski definition) is 0. The highest BCUT2D eigenvalue weighted by molar-refractivity contribution is 5.68. The summed E-state index contributed by atoms with van der Waals surface area (Å²) in [5.41, 5.74) is -0.457. The summed E-state index contributed by atoms with van der Waals surface area (Å²) in [7, 11) is 1.31. The molecule has 6 heteroatoms. The molecule has 0 aliphatic carbocycles. The van der Waals surface area contributed by atoms with Crippen molar-refractivity contribution in [1.29, 1.82) is 5.26 Å². The van der Waals surface area contributed by atoms with E-state index in [-0.39, 0.29) is 12.0 Å². The van der Waals surface area contributed by atoms with Crippen LogP contribution in [-0.2, 0) is 14.3 Å². The number of carbonyl (C=O) groups is 2. The number of amides is 1. The summed E-state index contributed by atoms with van der Waals surface area (Å²) in [5.74, 6) is -0.0254. The molecule has 1 fully saturated rings. The topological polar surface area (TPSA) is 79.6 Å². The number of rotatable bonds is 1. The molecule has 1 aliphatic heterocycles. The molecule has 102 valence electrons. The van der Waals surface area contributed by atoms with Gasteiger partial charge in [0.25, 0.3) is 6.47 Å². The van der Waals surface area contributed by atoms with Crippen LogP contribution >= 0.6 is 0 Å². The molecule has 1 atom stereocenters. The number of ether oxygens (including phenoxy) is 2. The zero-order chi connectivity index (χ0) is 14.2. The zero-order valence-corrected chi connectivity index (χ0v) is 11.3. The molecule has 0 aromatic rings. The molecular formula is C12H20N2O4. The van der Waals surface area contributed by atoms with E-state index in [0.717, 1.165) is 6.42 Å². The van der Waals surface area contributed by atoms with Crippen LogP contribution in [0.4, 0.5) is 4.79 Å². The van der Waals surface area contributed by atoms with Crippen molar-refractivity contribution in [3.63, 3.8) is 0 Å². The fraction of sp³-hybridized carbons (Fsp3) is 0.750. The summed E-state index contributed by atoms with van der Waals surface area (Å²) in [6, 6.07) is 2.16. The van der Waals surface area contributed by atoms with E-state index in [0.29, 0.717) is 19.6 Å². The predicted molar refractivity (Wildman–Crippen MR) is 64.6 cm³/mol. The molecule has 0 aromatic carbocycles. The third-order valence-electron chi connectivity index (χ3n) is 2.12. The Kier molecular flexibility index (Phi) is 6.79. The van der Waals surface area contributed by atoms with Crippen molar-refractivity contribution >= 4 is 12.6 Å². The van der Waals surface area contributed by atoms with Gasteiger partial charge in [0, 0.05) is 13.1 Å². The number of methoxy groups -OCH3 is 1. The second kappa shape index (κ2) is 7.54. The Labute approximate surface area is 107 Å². The molecule has 0 spiro atoms. The Morgan fingerprint density at radius 3 is 2.39 bits per heavy atom. The first-order valence-corrected chi connectivity index (χ1v) is 5.68. The average Bonchev–Trinajstić information content (AvgIpc) is 2.76. The van der Waals surface area contributed by atoms with Gasteiger partial charge in [-0.1, -0.05) is 0 Å². The lowest BCUT2D eigenvalue weighted by molar-refractivity contribution is -0.126. The van der Waals surface area contributed by atoms with Gasteiger partial charge in [-0.2, -0.15) is 5.26 Å². The molecule has 1 amide bonds. The Hall–Kier alpha value is -1.77. The summed E-state index contributed by atoms with van der Waals surface area (Å²) in [4.78, 5) is 22.1. The van der Waals surface area contributed by atoms with Gasteiger partial charge in [-0.3, -0.25) is 4.79 Å². The van der Waals surface area contributed by atoms with Gasteiger partial charge in [0.2, 0.25) is 0 Å². The van der Waals surface area contributed by atoms with E-state index < -0.39 is 5.60 Å². The maximum absolute atomic E-state index is 11.5. The first kappa shape index (κ1) is 16.2. The quantitative estimate of drug-likeness (QED) is 0.665. The van der Waals surface area contributed by atoms with Crippen LogP contribution in [-0.4, -0.2) is 43.3 Å². The standard InChI is InChI=1S/C10H16N2O2.C2H4O2/c1-10(2,3)14-9(13)12-5-4-8(6-11)7-12;1-4-2-3/h8H,4-5,7H2,1-3H3;2H,1H3. The monoisotopic (exact) mass is 256 g/mol. The summed E-state index contributed by atoms with van der Waals surface area (Å²) in [6.45, 7) is 7.02. The van der Waals surface area contributed by atoms with Crippen LogP contribution in [0.15, 0.2) is 0 Å². The largest absolute Gasteiger partial charge is 0.471 e. The van der Waals surface area contributed by atoms with Gasteiger partial charge in [-0.25, -0.2) is 4.79 Å². The lowest BCUT2D eigenvalue weighted by atomic mass is 10.1. The molecule has 1 rings (SSSR count). The van der Waals surface area contributed by atoms with Crippen LogP contribution in [0.1, 0.15) is 27.2 Å². The molecule has 18 heavy (non-hydrogen) atoms. The van der Waals surface area contributed by atoms with E-state index in [9.17, 15) is 4.79 Å². The normalized spacial score (nSPS) is 18.2. The van der Waals surface area contributed by atoms with Crippen molar-refractivity contribution in [1.82, 2.24) is 4.90 Å². The molecule has 1 heterocycles. The maximum Gasteiger partial charge on any atom is 0.410 e. The van der Waals surface area contributed by atoms with Gasteiger partial charge in [-0.15, -0.1) is 0 Å². The van der Waals surface area contributed by atoms with Crippen LogP contribution < -0.4 is 0 Å². The third kappa shape index (κ3) is 6.74. The highest BCUT2D eigenvalue weighted by atomic mass is 16.6. The fourth-order valence-electron chi connectivity index (χ4n) is 1.36. The lowest BCUT2D eigenvalue weighted by Gasteiger charge is -2.24. The summed E-state index contributed by atoms with van der Waals surface area (Å²) in [5, 5.41) is 8.67. The van der Waals surface area contributed by atoms with Crippen molar-refractivity contribution in [3.05, 3.63) is 0 Å². The van der Waals surface area contributed by atoms with E-state index in [4.69, 9.17) is 14.8 Å². The zero-order valence-electron chi connectivity index (χ0n) is 11.3. The van der Waals surface area contributed by atoms with Crippen LogP contribution in [0.25, 0.3) is 0 Å². The second-order valence-electron chi connectivity index (χ2n) is 4.87. The van der Waals surface area contributed by atoms with E-state index in [1.165, 1.54) is 7.11 Å². The van der Waals surface area contributed by atoms with Crippen molar-refractivity contribution in [2.45, 2.75) is 32.8 Å². The van der Waals surface area contributed by atoms with Crippen molar-refractivity contribution < 1.29 is 19.1 Å². The van der Waals surface area contributed by atoms with E-state index in [2.05, 4.69) is 10.8 Å². The molecule has 0 bridgehead atoms. The Bertz CT molecular complexity index is 317. The molecular weight excluding hydrogens is 236 g/mol. The van der Waals surface area contributed by atoms with Crippen molar-refractivity contribution in [3.8, 4) is 6.07 Å². The van der Waals surface area contributed by atoms with Crippen LogP contribution in [0.3, 0.4) is 0 Å². The lowest BCUT2D eigenvalue weighted by Crippen LogP contribution is -2.35. The molecule has 1 aliphatic rings. The van der Waals surface area contributed by atoms with E-state index in [1.54, 1.807) is 4.90 Å². The van der Waals surface area contributed by atoms with Crippen molar-refractivity contribution in [2.24, 2.45) is 5.92 Å². The summed E-state index contributed by atoms with van der Waals surface area (Å²) >= 11 is 0. The van der Waals surface area contributed by atoms with Crippen LogP contribution in [0, 0.1) is 17.2 Å². The van der Waals surface area contributed by atoms with Crippen LogP contribution in [0.5, 0.6) is 0 Å². The van der Waals surface area contributed by atoms with E-state index >= 15 is 0 Å². The molecule has 6 nitrogen and oxygen atoms in total. The molecule has 1 unspecified atom stereocenters. The number of likely N-dealkylation sites (tertiary alicyclic amines) is 1. The molecule has 0 radical (unpaired) electrons. The summed E-state index contributed by atoms with van der Waals surface area (Å²) < 4.78 is 9.05. The van der Waals surface area contributed by atoms with E-state index in [1.807, 2.05) is 20.8 Å². The van der Waals surface area contributed by atoms with Gasteiger partial charge in [-0.05, 0) is 27.2 Å². The molecule has 0 saturated carbocycles. The van der Waals surface area contributed by atoms with Gasteiger partial charge >= 0.3 is 6.09 Å². The molecule has 0 N–H and O–H groups in total. The van der Waals surface area contributed by atoms with Crippen LogP contribution in [0.2, 0.25) is 0 Å². The molecule has 0 aromatic heterocycles. The Morgan fingerprint density at radius 2 is 2.06 bits per heavy atom. The predicted octanol–water partition coefficient (Wildman–Crippen LogP) is 1.56. The number of hydrogen-bond acceptors (Lipinski definition) is 5. The van der Waals surface area contributed by atoms with Crippen molar-refractivity contribution in [2.75, 3.05) is 20.2 Å². The maximum atomic E-state index is 11.5. The highest BCUT2D eigenvalue weighted by Gasteiger charge is 2.29. The number of nitriles is 1. The highest BCUT2D eigenvalue weighted by Crippen LogP contribution is 2.18. The SMILES string of the molecule is CC(C)(C)OC(=O)N1CCC(C#N)C1.COC=O. The second-order valence-corrected chi connectivity index (χ2v) is 4.87. The number of nitrogens with zero attached hydrogens (tertiary/aromatic N) is 2. The van der Waals surface area contributed by atoms with Gasteiger partial charge in [0.1, 0.15) is 5.60 Å². The Balaban J connectivity index is 0.000000631. The third-order valence-corrected chi connectivity index (χ3v) is 2.12. The van der Waals surface area contributed by atoms with Gasteiger partial charge in [0.05, 0.1) is 19.1 Å². The number of carbonyl (C=O) groups excluding carboxylic acids is 2. The Morgan fingerprint density at radius 1 is 1.50 bits per heavy atom. The minimum Gasteiger partial charge on any atom is -0.471 e. The van der Waals surface area contributed by atoms with Gasteiger partial charge < -0.3 is 14.4 Å². The first-order valence-electron chi connectivity index (χ1n) is 5.68.